The Hall–Kier alpha value is -2.30. The molecule has 1 aliphatic heterocycles. The van der Waals surface area contributed by atoms with Crippen molar-refractivity contribution in [2.45, 2.75) is 19.3 Å². The summed E-state index contributed by atoms with van der Waals surface area (Å²) in [5.41, 5.74) is 2.24. The molecule has 3 rings (SSSR count). The standard InChI is InChI=1S/C17H21N3O2/c1-12-4-6-18-17(19-12)20-7-5-13(11-20)14-8-15(21-2)10-16(9-14)22-3/h4,6,8-10,13H,5,7,11H2,1-3H3/t13-/m1/s1. The first-order valence-corrected chi connectivity index (χ1v) is 7.47. The van der Waals surface area contributed by atoms with Gasteiger partial charge in [0.25, 0.3) is 0 Å². The first-order valence-electron chi connectivity index (χ1n) is 7.47. The summed E-state index contributed by atoms with van der Waals surface area (Å²) >= 11 is 0. The Morgan fingerprint density at radius 1 is 1.14 bits per heavy atom. The highest BCUT2D eigenvalue weighted by Gasteiger charge is 2.26. The molecule has 0 amide bonds. The molecule has 0 radical (unpaired) electrons. The van der Waals surface area contributed by atoms with E-state index >= 15 is 0 Å². The Balaban J connectivity index is 1.80. The molecule has 116 valence electrons. The van der Waals surface area contributed by atoms with Crippen LogP contribution in [0.3, 0.4) is 0 Å². The maximum atomic E-state index is 5.37. The molecule has 0 bridgehead atoms. The van der Waals surface area contributed by atoms with Gasteiger partial charge >= 0.3 is 0 Å². The summed E-state index contributed by atoms with van der Waals surface area (Å²) < 4.78 is 10.7. The van der Waals surface area contributed by atoms with Crippen molar-refractivity contribution in [3.63, 3.8) is 0 Å². The minimum absolute atomic E-state index is 0.438. The van der Waals surface area contributed by atoms with Crippen LogP contribution in [0.2, 0.25) is 0 Å². The number of rotatable bonds is 4. The Bertz CT molecular complexity index is 638. The zero-order valence-electron chi connectivity index (χ0n) is 13.2. The van der Waals surface area contributed by atoms with E-state index in [0.29, 0.717) is 5.92 Å². The van der Waals surface area contributed by atoms with Crippen LogP contribution in [-0.4, -0.2) is 37.3 Å². The van der Waals surface area contributed by atoms with Crippen LogP contribution in [0.5, 0.6) is 11.5 Å². The molecule has 2 aromatic rings. The predicted molar refractivity (Wildman–Crippen MR) is 85.9 cm³/mol. The molecule has 1 aromatic carbocycles. The van der Waals surface area contributed by atoms with Gasteiger partial charge in [-0.25, -0.2) is 9.97 Å². The van der Waals surface area contributed by atoms with Gasteiger partial charge in [-0.2, -0.15) is 0 Å². The topological polar surface area (TPSA) is 47.5 Å². The van der Waals surface area contributed by atoms with Crippen LogP contribution in [0, 0.1) is 6.92 Å². The molecule has 1 aliphatic rings. The van der Waals surface area contributed by atoms with Crippen LogP contribution >= 0.6 is 0 Å². The van der Waals surface area contributed by atoms with Gasteiger partial charge in [-0.05, 0) is 37.1 Å². The summed E-state index contributed by atoms with van der Waals surface area (Å²) in [6, 6.07) is 8.01. The minimum atomic E-state index is 0.438. The van der Waals surface area contributed by atoms with E-state index in [4.69, 9.17) is 9.47 Å². The summed E-state index contributed by atoms with van der Waals surface area (Å²) in [4.78, 5) is 11.1. The number of aryl methyl sites for hydroxylation is 1. The Kier molecular flexibility index (Phi) is 4.13. The summed E-state index contributed by atoms with van der Waals surface area (Å²) in [7, 11) is 3.36. The third kappa shape index (κ3) is 2.98. The summed E-state index contributed by atoms with van der Waals surface area (Å²) in [6.07, 6.45) is 2.90. The predicted octanol–water partition coefficient (Wildman–Crippen LogP) is 2.80. The van der Waals surface area contributed by atoms with Gasteiger partial charge in [0, 0.05) is 37.0 Å². The molecule has 0 unspecified atom stereocenters. The first-order chi connectivity index (χ1) is 10.7. The van der Waals surface area contributed by atoms with Crippen molar-refractivity contribution in [1.82, 2.24) is 9.97 Å². The van der Waals surface area contributed by atoms with Gasteiger partial charge in [-0.3, -0.25) is 0 Å². The summed E-state index contributed by atoms with van der Waals surface area (Å²) in [5, 5.41) is 0. The molecule has 1 aromatic heterocycles. The van der Waals surface area contributed by atoms with Gasteiger partial charge in [0.05, 0.1) is 14.2 Å². The second-order valence-electron chi connectivity index (χ2n) is 5.58. The van der Waals surface area contributed by atoms with Crippen molar-refractivity contribution in [2.75, 3.05) is 32.2 Å². The molecule has 0 saturated carbocycles. The van der Waals surface area contributed by atoms with E-state index < -0.39 is 0 Å². The average Bonchev–Trinajstić information content (AvgIpc) is 3.04. The normalized spacial score (nSPS) is 17.6. The van der Waals surface area contributed by atoms with E-state index in [1.165, 1.54) is 5.56 Å². The van der Waals surface area contributed by atoms with Gasteiger partial charge in [0.15, 0.2) is 0 Å². The highest BCUT2D eigenvalue weighted by Crippen LogP contribution is 2.33. The van der Waals surface area contributed by atoms with Crippen LogP contribution < -0.4 is 14.4 Å². The number of hydrogen-bond acceptors (Lipinski definition) is 5. The lowest BCUT2D eigenvalue weighted by atomic mass is 9.98. The maximum Gasteiger partial charge on any atom is 0.225 e. The quantitative estimate of drug-likeness (QED) is 0.869. The lowest BCUT2D eigenvalue weighted by Crippen LogP contribution is -2.21. The van der Waals surface area contributed by atoms with Crippen molar-refractivity contribution in [3.8, 4) is 11.5 Å². The third-order valence-corrected chi connectivity index (χ3v) is 4.10. The average molecular weight is 299 g/mol. The number of benzene rings is 1. The van der Waals surface area contributed by atoms with Gasteiger partial charge in [-0.1, -0.05) is 0 Å². The molecular weight excluding hydrogens is 278 g/mol. The lowest BCUT2D eigenvalue weighted by Gasteiger charge is -2.17. The highest BCUT2D eigenvalue weighted by molar-refractivity contribution is 5.42. The lowest BCUT2D eigenvalue weighted by molar-refractivity contribution is 0.393. The van der Waals surface area contributed by atoms with E-state index in [9.17, 15) is 0 Å². The fraction of sp³-hybridized carbons (Fsp3) is 0.412. The second-order valence-corrected chi connectivity index (χ2v) is 5.58. The Labute approximate surface area is 130 Å². The van der Waals surface area contributed by atoms with Crippen LogP contribution in [0.1, 0.15) is 23.6 Å². The second kappa shape index (κ2) is 6.22. The molecule has 0 N–H and O–H groups in total. The van der Waals surface area contributed by atoms with E-state index in [1.54, 1.807) is 14.2 Å². The number of hydrogen-bond donors (Lipinski definition) is 0. The minimum Gasteiger partial charge on any atom is -0.497 e. The van der Waals surface area contributed by atoms with Gasteiger partial charge in [0.1, 0.15) is 11.5 Å². The molecule has 1 fully saturated rings. The molecule has 2 heterocycles. The molecule has 1 saturated heterocycles. The van der Waals surface area contributed by atoms with E-state index in [0.717, 1.165) is 42.7 Å². The van der Waals surface area contributed by atoms with Gasteiger partial charge < -0.3 is 14.4 Å². The first kappa shape index (κ1) is 14.6. The molecule has 0 spiro atoms. The maximum absolute atomic E-state index is 5.37. The van der Waals surface area contributed by atoms with E-state index in [2.05, 4.69) is 27.0 Å². The van der Waals surface area contributed by atoms with Gasteiger partial charge in [-0.15, -0.1) is 0 Å². The number of ether oxygens (including phenoxy) is 2. The Morgan fingerprint density at radius 3 is 2.50 bits per heavy atom. The fourth-order valence-corrected chi connectivity index (χ4v) is 2.87. The number of anilines is 1. The van der Waals surface area contributed by atoms with Crippen LogP contribution in [0.25, 0.3) is 0 Å². The largest absolute Gasteiger partial charge is 0.497 e. The van der Waals surface area contributed by atoms with Gasteiger partial charge in [0.2, 0.25) is 5.95 Å². The number of aromatic nitrogens is 2. The molecule has 5 nitrogen and oxygen atoms in total. The molecular formula is C17H21N3O2. The number of nitrogens with zero attached hydrogens (tertiary/aromatic N) is 3. The van der Waals surface area contributed by atoms with Crippen molar-refractivity contribution >= 4 is 5.95 Å². The summed E-state index contributed by atoms with van der Waals surface area (Å²) in [6.45, 7) is 3.87. The SMILES string of the molecule is COc1cc(OC)cc([C@@H]2CCN(c3nccc(C)n3)C2)c1. The number of methoxy groups -OCH3 is 2. The van der Waals surface area contributed by atoms with E-state index in [1.807, 2.05) is 25.3 Å². The van der Waals surface area contributed by atoms with Crippen LogP contribution in [-0.2, 0) is 0 Å². The molecule has 1 atom stereocenters. The van der Waals surface area contributed by atoms with Crippen LogP contribution in [0.15, 0.2) is 30.5 Å². The van der Waals surface area contributed by atoms with Crippen LogP contribution in [0.4, 0.5) is 5.95 Å². The zero-order chi connectivity index (χ0) is 15.5. The monoisotopic (exact) mass is 299 g/mol. The Morgan fingerprint density at radius 2 is 1.86 bits per heavy atom. The summed E-state index contributed by atoms with van der Waals surface area (Å²) in [5.74, 6) is 2.92. The van der Waals surface area contributed by atoms with Crippen molar-refractivity contribution in [2.24, 2.45) is 0 Å². The van der Waals surface area contributed by atoms with Crippen molar-refractivity contribution in [1.29, 1.82) is 0 Å². The van der Waals surface area contributed by atoms with Crippen molar-refractivity contribution < 1.29 is 9.47 Å². The highest BCUT2D eigenvalue weighted by atomic mass is 16.5. The van der Waals surface area contributed by atoms with E-state index in [-0.39, 0.29) is 0 Å². The zero-order valence-corrected chi connectivity index (χ0v) is 13.2. The third-order valence-electron chi connectivity index (χ3n) is 4.10. The molecule has 22 heavy (non-hydrogen) atoms. The fourth-order valence-electron chi connectivity index (χ4n) is 2.87. The van der Waals surface area contributed by atoms with Crippen molar-refractivity contribution in [3.05, 3.63) is 41.7 Å². The smallest absolute Gasteiger partial charge is 0.225 e. The molecule has 0 aliphatic carbocycles. The molecule has 5 heteroatoms.